The highest BCUT2D eigenvalue weighted by Crippen LogP contribution is 2.30. The van der Waals surface area contributed by atoms with Gasteiger partial charge in [-0.05, 0) is 36.2 Å². The van der Waals surface area contributed by atoms with Gasteiger partial charge in [-0.3, -0.25) is 5.43 Å². The van der Waals surface area contributed by atoms with Crippen LogP contribution in [0.5, 0.6) is 0 Å². The predicted molar refractivity (Wildman–Crippen MR) is 118 cm³/mol. The SMILES string of the molecule is COCc1cc(C)c(/C=N/Nc2ncnc3sc(Cc4ccccc4F)cc23)s1. The normalized spacial score (nSPS) is 11.6. The minimum atomic E-state index is -0.196. The Morgan fingerprint density at radius 2 is 2.03 bits per heavy atom. The van der Waals surface area contributed by atoms with Gasteiger partial charge in [0.05, 0.1) is 23.1 Å². The molecule has 148 valence electrons. The van der Waals surface area contributed by atoms with Crippen LogP contribution in [0.25, 0.3) is 10.2 Å². The van der Waals surface area contributed by atoms with Gasteiger partial charge < -0.3 is 4.74 Å². The third-order valence-electron chi connectivity index (χ3n) is 4.35. The van der Waals surface area contributed by atoms with Crippen LogP contribution in [0.3, 0.4) is 0 Å². The molecule has 0 bridgehead atoms. The summed E-state index contributed by atoms with van der Waals surface area (Å²) in [5.41, 5.74) is 4.84. The number of hydrogen-bond donors (Lipinski definition) is 1. The van der Waals surface area contributed by atoms with E-state index in [1.807, 2.05) is 19.1 Å². The Balaban J connectivity index is 1.53. The highest BCUT2D eigenvalue weighted by molar-refractivity contribution is 7.18. The van der Waals surface area contributed by atoms with E-state index < -0.39 is 0 Å². The Labute approximate surface area is 175 Å². The number of thiophene rings is 2. The molecule has 0 fully saturated rings. The van der Waals surface area contributed by atoms with Gasteiger partial charge in [0.2, 0.25) is 0 Å². The molecule has 8 heteroatoms. The van der Waals surface area contributed by atoms with Gasteiger partial charge in [-0.25, -0.2) is 14.4 Å². The molecule has 3 aromatic heterocycles. The molecule has 0 aliphatic rings. The summed E-state index contributed by atoms with van der Waals surface area (Å²) in [6, 6.07) is 10.9. The summed E-state index contributed by atoms with van der Waals surface area (Å²) in [6.45, 7) is 2.65. The number of nitrogens with zero attached hydrogens (tertiary/aromatic N) is 3. The number of aryl methyl sites for hydroxylation is 1. The van der Waals surface area contributed by atoms with E-state index in [4.69, 9.17) is 4.74 Å². The quantitative estimate of drug-likeness (QED) is 0.318. The summed E-state index contributed by atoms with van der Waals surface area (Å²) in [5, 5.41) is 5.23. The second-order valence-electron chi connectivity index (χ2n) is 6.48. The van der Waals surface area contributed by atoms with Crippen LogP contribution in [0.15, 0.2) is 47.8 Å². The van der Waals surface area contributed by atoms with Crippen LogP contribution in [-0.2, 0) is 17.8 Å². The number of methoxy groups -OCH3 is 1. The van der Waals surface area contributed by atoms with E-state index in [-0.39, 0.29) is 5.82 Å². The summed E-state index contributed by atoms with van der Waals surface area (Å²) in [6.07, 6.45) is 3.82. The van der Waals surface area contributed by atoms with Crippen molar-refractivity contribution < 1.29 is 9.13 Å². The first-order chi connectivity index (χ1) is 14.1. The maximum Gasteiger partial charge on any atom is 0.158 e. The van der Waals surface area contributed by atoms with Gasteiger partial charge in [-0.15, -0.1) is 22.7 Å². The average Bonchev–Trinajstić information content (AvgIpc) is 3.27. The Morgan fingerprint density at radius 1 is 1.17 bits per heavy atom. The van der Waals surface area contributed by atoms with E-state index in [0.29, 0.717) is 24.4 Å². The summed E-state index contributed by atoms with van der Waals surface area (Å²) >= 11 is 3.18. The van der Waals surface area contributed by atoms with Gasteiger partial charge in [0.25, 0.3) is 0 Å². The van der Waals surface area contributed by atoms with Crippen molar-refractivity contribution in [2.24, 2.45) is 5.10 Å². The molecule has 29 heavy (non-hydrogen) atoms. The van der Waals surface area contributed by atoms with Crippen LogP contribution < -0.4 is 5.43 Å². The molecule has 0 amide bonds. The van der Waals surface area contributed by atoms with Crippen molar-refractivity contribution in [1.82, 2.24) is 9.97 Å². The Hall–Kier alpha value is -2.68. The molecule has 0 aliphatic heterocycles. The van der Waals surface area contributed by atoms with Gasteiger partial charge in [0, 0.05) is 23.3 Å². The van der Waals surface area contributed by atoms with Crippen molar-refractivity contribution in [2.45, 2.75) is 20.0 Å². The number of aromatic nitrogens is 2. The van der Waals surface area contributed by atoms with Gasteiger partial charge >= 0.3 is 0 Å². The van der Waals surface area contributed by atoms with Gasteiger partial charge in [0.1, 0.15) is 17.0 Å². The number of ether oxygens (including phenoxy) is 1. The Kier molecular flexibility index (Phi) is 5.94. The molecule has 0 aliphatic carbocycles. The average molecular weight is 427 g/mol. The third-order valence-corrected chi connectivity index (χ3v) is 6.54. The fraction of sp³-hybridized carbons (Fsp3) is 0.190. The maximum absolute atomic E-state index is 14.0. The van der Waals surface area contributed by atoms with Gasteiger partial charge in [-0.2, -0.15) is 5.10 Å². The molecule has 3 heterocycles. The zero-order valence-electron chi connectivity index (χ0n) is 16.0. The number of fused-ring (bicyclic) bond motifs is 1. The number of benzene rings is 1. The molecular weight excluding hydrogens is 407 g/mol. The number of nitrogens with one attached hydrogen (secondary N) is 1. The molecule has 0 unspecified atom stereocenters. The van der Waals surface area contributed by atoms with E-state index in [2.05, 4.69) is 26.6 Å². The fourth-order valence-corrected chi connectivity index (χ4v) is 5.01. The molecule has 1 N–H and O–H groups in total. The summed E-state index contributed by atoms with van der Waals surface area (Å²) in [5.74, 6) is 0.437. The lowest BCUT2D eigenvalue weighted by Crippen LogP contribution is -1.94. The topological polar surface area (TPSA) is 59.4 Å². The number of hydrogen-bond acceptors (Lipinski definition) is 7. The summed E-state index contributed by atoms with van der Waals surface area (Å²) in [4.78, 5) is 12.8. The van der Waals surface area contributed by atoms with Gasteiger partial charge in [0.15, 0.2) is 5.82 Å². The van der Waals surface area contributed by atoms with Crippen molar-refractivity contribution in [3.8, 4) is 0 Å². The van der Waals surface area contributed by atoms with Gasteiger partial charge in [-0.1, -0.05) is 18.2 Å². The highest BCUT2D eigenvalue weighted by Gasteiger charge is 2.11. The van der Waals surface area contributed by atoms with Crippen LogP contribution in [0.2, 0.25) is 0 Å². The lowest BCUT2D eigenvalue weighted by molar-refractivity contribution is 0.187. The first kappa shape index (κ1) is 19.6. The molecule has 1 aromatic carbocycles. The van der Waals surface area contributed by atoms with Crippen molar-refractivity contribution >= 4 is 44.9 Å². The molecule has 4 rings (SSSR count). The monoisotopic (exact) mass is 426 g/mol. The molecule has 0 atom stereocenters. The number of halogens is 1. The molecule has 0 saturated heterocycles. The van der Waals surface area contributed by atoms with Crippen LogP contribution in [0, 0.1) is 12.7 Å². The van der Waals surface area contributed by atoms with Crippen LogP contribution in [0.1, 0.15) is 25.8 Å². The third kappa shape index (κ3) is 4.50. The second-order valence-corrected chi connectivity index (χ2v) is 8.77. The summed E-state index contributed by atoms with van der Waals surface area (Å²) < 4.78 is 19.1. The van der Waals surface area contributed by atoms with Crippen molar-refractivity contribution in [2.75, 3.05) is 12.5 Å². The number of rotatable bonds is 7. The molecule has 0 saturated carbocycles. The molecule has 5 nitrogen and oxygen atoms in total. The zero-order chi connectivity index (χ0) is 20.2. The zero-order valence-corrected chi connectivity index (χ0v) is 17.6. The lowest BCUT2D eigenvalue weighted by atomic mass is 10.1. The molecule has 0 spiro atoms. The summed E-state index contributed by atoms with van der Waals surface area (Å²) in [7, 11) is 1.69. The van der Waals surface area contributed by atoms with E-state index in [0.717, 1.165) is 30.4 Å². The first-order valence-electron chi connectivity index (χ1n) is 8.98. The smallest absolute Gasteiger partial charge is 0.158 e. The number of hydrazone groups is 1. The standard InChI is InChI=1S/C21H19FN4OS2/c1-13-7-16(11-27-2)28-19(13)10-25-26-20-17-9-15(29-21(17)24-12-23-20)8-14-5-3-4-6-18(14)22/h3-7,9-10,12H,8,11H2,1-2H3,(H,23,24,26)/b25-10+. The lowest BCUT2D eigenvalue weighted by Gasteiger charge is -2.00. The minimum absolute atomic E-state index is 0.196. The Morgan fingerprint density at radius 3 is 2.86 bits per heavy atom. The molecular formula is C21H19FN4OS2. The van der Waals surface area contributed by atoms with E-state index in [1.54, 1.807) is 36.8 Å². The van der Waals surface area contributed by atoms with Crippen molar-refractivity contribution in [3.63, 3.8) is 0 Å². The maximum atomic E-state index is 14.0. The number of anilines is 1. The van der Waals surface area contributed by atoms with E-state index >= 15 is 0 Å². The fourth-order valence-electron chi connectivity index (χ4n) is 2.97. The largest absolute Gasteiger partial charge is 0.379 e. The van der Waals surface area contributed by atoms with E-state index in [9.17, 15) is 4.39 Å². The van der Waals surface area contributed by atoms with Crippen LogP contribution in [0.4, 0.5) is 10.2 Å². The molecule has 0 radical (unpaired) electrons. The van der Waals surface area contributed by atoms with Crippen molar-refractivity contribution in [1.29, 1.82) is 0 Å². The predicted octanol–water partition coefficient (Wildman–Crippen LogP) is 5.38. The van der Waals surface area contributed by atoms with Crippen molar-refractivity contribution in [3.05, 3.63) is 74.3 Å². The minimum Gasteiger partial charge on any atom is -0.379 e. The van der Waals surface area contributed by atoms with E-state index in [1.165, 1.54) is 23.7 Å². The van der Waals surface area contributed by atoms with Crippen LogP contribution in [-0.4, -0.2) is 23.3 Å². The second kappa shape index (κ2) is 8.77. The molecule has 4 aromatic rings. The first-order valence-corrected chi connectivity index (χ1v) is 10.6. The highest BCUT2D eigenvalue weighted by atomic mass is 32.1. The van der Waals surface area contributed by atoms with Crippen LogP contribution >= 0.6 is 22.7 Å². The Bertz CT molecular complexity index is 1170.